The second-order valence-corrected chi connectivity index (χ2v) is 7.14. The maximum atomic E-state index is 13.2. The summed E-state index contributed by atoms with van der Waals surface area (Å²) in [5.74, 6) is 0.997. The zero-order valence-corrected chi connectivity index (χ0v) is 14.6. The van der Waals surface area contributed by atoms with Gasteiger partial charge in [-0.1, -0.05) is 42.5 Å². The topological polar surface area (TPSA) is 46.9 Å². The lowest BCUT2D eigenvalue weighted by Crippen LogP contribution is -2.40. The van der Waals surface area contributed by atoms with Gasteiger partial charge in [-0.3, -0.25) is 4.79 Å². The summed E-state index contributed by atoms with van der Waals surface area (Å²) in [4.78, 5) is 17.9. The number of rotatable bonds is 2. The molecule has 4 nitrogen and oxygen atoms in total. The average Bonchev–Trinajstić information content (AvgIpc) is 3.20. The molecule has 0 saturated heterocycles. The van der Waals surface area contributed by atoms with Crippen LogP contribution in [-0.4, -0.2) is 15.5 Å². The fourth-order valence-corrected chi connectivity index (χ4v) is 4.01. The number of hydrogen-bond donors (Lipinski definition) is 1. The molecule has 1 aromatic heterocycles. The molecule has 1 aliphatic heterocycles. The molecule has 3 aromatic carbocycles. The first-order valence-electron chi connectivity index (χ1n) is 8.92. The quantitative estimate of drug-likeness (QED) is 0.584. The van der Waals surface area contributed by atoms with Crippen LogP contribution in [0.1, 0.15) is 19.2 Å². The molecule has 26 heavy (non-hydrogen) atoms. The van der Waals surface area contributed by atoms with Gasteiger partial charge in [-0.05, 0) is 48.4 Å². The number of hydrogen-bond acceptors (Lipinski definition) is 2. The van der Waals surface area contributed by atoms with Crippen molar-refractivity contribution in [3.05, 3.63) is 72.6 Å². The molecule has 4 heteroatoms. The van der Waals surface area contributed by atoms with E-state index in [0.717, 1.165) is 40.8 Å². The molecule has 1 N–H and O–H groups in total. The Morgan fingerprint density at radius 3 is 2.69 bits per heavy atom. The van der Waals surface area contributed by atoms with E-state index in [9.17, 15) is 4.79 Å². The van der Waals surface area contributed by atoms with Gasteiger partial charge in [0.1, 0.15) is 11.4 Å². The molecule has 0 bridgehead atoms. The molecule has 0 aliphatic carbocycles. The predicted octanol–water partition coefficient (Wildman–Crippen LogP) is 4.49. The Morgan fingerprint density at radius 1 is 1.04 bits per heavy atom. The van der Waals surface area contributed by atoms with E-state index >= 15 is 0 Å². The smallest absolute Gasteiger partial charge is 0.250 e. The van der Waals surface area contributed by atoms with Crippen molar-refractivity contribution in [2.24, 2.45) is 0 Å². The predicted molar refractivity (Wildman–Crippen MR) is 104 cm³/mol. The zero-order valence-electron chi connectivity index (χ0n) is 14.6. The highest BCUT2D eigenvalue weighted by molar-refractivity contribution is 5.99. The second-order valence-electron chi connectivity index (χ2n) is 7.14. The lowest BCUT2D eigenvalue weighted by atomic mass is 9.97. The molecular weight excluding hydrogens is 322 g/mol. The van der Waals surface area contributed by atoms with E-state index in [1.165, 1.54) is 5.39 Å². The van der Waals surface area contributed by atoms with Gasteiger partial charge in [-0.15, -0.1) is 0 Å². The number of aromatic nitrogens is 2. The Morgan fingerprint density at radius 2 is 1.81 bits per heavy atom. The number of carbonyl (C=O) groups excluding carboxylic acids is 1. The third kappa shape index (κ3) is 2.15. The van der Waals surface area contributed by atoms with Crippen LogP contribution in [0, 0.1) is 0 Å². The Balaban J connectivity index is 1.53. The van der Waals surface area contributed by atoms with Gasteiger partial charge in [0.2, 0.25) is 5.91 Å². The number of imidazole rings is 1. The van der Waals surface area contributed by atoms with Crippen molar-refractivity contribution in [1.82, 2.24) is 9.55 Å². The lowest BCUT2D eigenvalue weighted by molar-refractivity contribution is -0.123. The van der Waals surface area contributed by atoms with E-state index in [1.54, 1.807) is 0 Å². The summed E-state index contributed by atoms with van der Waals surface area (Å²) in [6.07, 6.45) is 1.58. The average molecular weight is 341 g/mol. The Bertz CT molecular complexity index is 1160. The third-order valence-corrected chi connectivity index (χ3v) is 5.46. The van der Waals surface area contributed by atoms with Gasteiger partial charge in [-0.25, -0.2) is 4.98 Å². The molecule has 1 atom stereocenters. The summed E-state index contributed by atoms with van der Waals surface area (Å²) in [5, 5.41) is 5.41. The molecular formula is C22H19N3O. The van der Waals surface area contributed by atoms with Crippen molar-refractivity contribution in [3.8, 4) is 0 Å². The highest BCUT2D eigenvalue weighted by Gasteiger charge is 2.42. The minimum absolute atomic E-state index is 0.00897. The van der Waals surface area contributed by atoms with Crippen molar-refractivity contribution in [2.75, 3.05) is 5.32 Å². The minimum Gasteiger partial charge on any atom is -0.324 e. The number of anilines is 1. The summed E-state index contributed by atoms with van der Waals surface area (Å²) < 4.78 is 2.11. The maximum absolute atomic E-state index is 13.2. The molecule has 1 aliphatic rings. The van der Waals surface area contributed by atoms with Gasteiger partial charge in [0.25, 0.3) is 0 Å². The van der Waals surface area contributed by atoms with Crippen LogP contribution >= 0.6 is 0 Å². The number of aryl methyl sites for hydroxylation is 1. The first-order valence-corrected chi connectivity index (χ1v) is 8.92. The van der Waals surface area contributed by atoms with Crippen LogP contribution in [0.2, 0.25) is 0 Å². The molecule has 128 valence electrons. The van der Waals surface area contributed by atoms with E-state index in [1.807, 2.05) is 61.5 Å². The van der Waals surface area contributed by atoms with Crippen molar-refractivity contribution < 1.29 is 4.79 Å². The second kappa shape index (κ2) is 5.43. The van der Waals surface area contributed by atoms with Crippen LogP contribution in [0.15, 0.2) is 66.7 Å². The van der Waals surface area contributed by atoms with Crippen molar-refractivity contribution in [3.63, 3.8) is 0 Å². The third-order valence-electron chi connectivity index (χ3n) is 5.46. The van der Waals surface area contributed by atoms with Gasteiger partial charge < -0.3 is 9.88 Å². The number of benzene rings is 3. The van der Waals surface area contributed by atoms with Crippen LogP contribution in [0.5, 0.6) is 0 Å². The van der Waals surface area contributed by atoms with E-state index < -0.39 is 5.54 Å². The Kier molecular flexibility index (Phi) is 3.16. The van der Waals surface area contributed by atoms with Crippen LogP contribution in [0.25, 0.3) is 21.8 Å². The van der Waals surface area contributed by atoms with Crippen LogP contribution in [0.4, 0.5) is 5.69 Å². The molecule has 4 aromatic rings. The van der Waals surface area contributed by atoms with Gasteiger partial charge in [0.05, 0.1) is 11.0 Å². The highest BCUT2D eigenvalue weighted by Crippen LogP contribution is 2.36. The number of fused-ring (bicyclic) bond motifs is 4. The van der Waals surface area contributed by atoms with Crippen LogP contribution in [0.3, 0.4) is 0 Å². The highest BCUT2D eigenvalue weighted by atomic mass is 16.2. The van der Waals surface area contributed by atoms with Crippen LogP contribution < -0.4 is 5.32 Å². The molecule has 0 saturated carbocycles. The normalized spacial score (nSPS) is 19.0. The number of carbonyl (C=O) groups is 1. The first-order chi connectivity index (χ1) is 12.6. The first kappa shape index (κ1) is 15.1. The SMILES string of the molecule is CC1(C(=O)Nc2ccc3ccccc3c2)CCc2nc3ccccc3n21. The van der Waals surface area contributed by atoms with Crippen molar-refractivity contribution in [1.29, 1.82) is 0 Å². The monoisotopic (exact) mass is 341 g/mol. The summed E-state index contributed by atoms with van der Waals surface area (Å²) >= 11 is 0. The largest absolute Gasteiger partial charge is 0.324 e. The van der Waals surface area contributed by atoms with E-state index in [-0.39, 0.29) is 5.91 Å². The molecule has 0 fully saturated rings. The van der Waals surface area contributed by atoms with Gasteiger partial charge in [-0.2, -0.15) is 0 Å². The molecule has 0 radical (unpaired) electrons. The summed E-state index contributed by atoms with van der Waals surface area (Å²) in [6, 6.07) is 22.2. The summed E-state index contributed by atoms with van der Waals surface area (Å²) in [7, 11) is 0. The lowest BCUT2D eigenvalue weighted by Gasteiger charge is -2.26. The molecule has 0 spiro atoms. The minimum atomic E-state index is -0.628. The van der Waals surface area contributed by atoms with Crippen molar-refractivity contribution in [2.45, 2.75) is 25.3 Å². The Labute approximate surface area is 151 Å². The molecule has 1 amide bonds. The molecule has 2 heterocycles. The van der Waals surface area contributed by atoms with E-state index in [0.29, 0.717) is 0 Å². The molecule has 1 unspecified atom stereocenters. The van der Waals surface area contributed by atoms with Crippen LogP contribution in [-0.2, 0) is 16.8 Å². The van der Waals surface area contributed by atoms with Gasteiger partial charge >= 0.3 is 0 Å². The van der Waals surface area contributed by atoms with Gasteiger partial charge in [0, 0.05) is 12.1 Å². The molecule has 5 rings (SSSR count). The number of amides is 1. The summed E-state index contributed by atoms with van der Waals surface area (Å²) in [5.41, 5.74) is 2.17. The van der Waals surface area contributed by atoms with E-state index in [4.69, 9.17) is 4.98 Å². The fraction of sp³-hybridized carbons (Fsp3) is 0.182. The van der Waals surface area contributed by atoms with Gasteiger partial charge in [0.15, 0.2) is 0 Å². The number of para-hydroxylation sites is 2. The van der Waals surface area contributed by atoms with Crippen molar-refractivity contribution >= 4 is 33.4 Å². The Hall–Kier alpha value is -3.14. The summed E-state index contributed by atoms with van der Waals surface area (Å²) in [6.45, 7) is 2.01. The number of nitrogens with one attached hydrogen (secondary N) is 1. The van der Waals surface area contributed by atoms with E-state index in [2.05, 4.69) is 22.0 Å². The number of nitrogens with zero attached hydrogens (tertiary/aromatic N) is 2. The zero-order chi connectivity index (χ0) is 17.7. The fourth-order valence-electron chi connectivity index (χ4n) is 4.01. The maximum Gasteiger partial charge on any atom is 0.250 e. The standard InChI is InChI=1S/C22H19N3O/c1-22(13-12-20-24-18-8-4-5-9-19(18)25(20)22)21(26)23-17-11-10-15-6-2-3-7-16(15)14-17/h2-11,14H,12-13H2,1H3,(H,23,26).